The summed E-state index contributed by atoms with van der Waals surface area (Å²) in [4.78, 5) is 0. The van der Waals surface area contributed by atoms with Crippen molar-refractivity contribution in [2.75, 3.05) is 11.9 Å². The van der Waals surface area contributed by atoms with Crippen molar-refractivity contribution < 1.29 is 5.11 Å². The lowest BCUT2D eigenvalue weighted by Gasteiger charge is -2.15. The van der Waals surface area contributed by atoms with Gasteiger partial charge in [0.05, 0.1) is 6.10 Å². The van der Waals surface area contributed by atoms with Gasteiger partial charge in [0.25, 0.3) is 0 Å². The molecule has 0 aliphatic rings. The molecule has 3 heteroatoms. The predicted molar refractivity (Wildman–Crippen MR) is 96.6 cm³/mol. The van der Waals surface area contributed by atoms with Gasteiger partial charge in [0.2, 0.25) is 0 Å². The average molecular weight is 389 g/mol. The highest BCUT2D eigenvalue weighted by Crippen LogP contribution is 2.22. The molecule has 0 saturated carbocycles. The molecule has 0 amide bonds. The SMILES string of the molecule is OC(CNc1ccccc1I)c1ccc2ccccc2c1. The summed E-state index contributed by atoms with van der Waals surface area (Å²) in [6.45, 7) is 0.498. The largest absolute Gasteiger partial charge is 0.387 e. The van der Waals surface area contributed by atoms with E-state index in [1.807, 2.05) is 42.5 Å². The second-order valence-electron chi connectivity index (χ2n) is 4.98. The molecule has 106 valence electrons. The van der Waals surface area contributed by atoms with E-state index in [0.29, 0.717) is 6.54 Å². The molecule has 0 aliphatic carbocycles. The molecule has 0 heterocycles. The molecular weight excluding hydrogens is 373 g/mol. The number of hydrogen-bond acceptors (Lipinski definition) is 2. The smallest absolute Gasteiger partial charge is 0.0962 e. The number of aliphatic hydroxyl groups is 1. The van der Waals surface area contributed by atoms with Crippen molar-refractivity contribution >= 4 is 39.1 Å². The summed E-state index contributed by atoms with van der Waals surface area (Å²) in [6.07, 6.45) is -0.523. The summed E-state index contributed by atoms with van der Waals surface area (Å²) in [5.74, 6) is 0. The molecule has 1 unspecified atom stereocenters. The van der Waals surface area contributed by atoms with Crippen molar-refractivity contribution in [2.45, 2.75) is 6.10 Å². The lowest BCUT2D eigenvalue weighted by Crippen LogP contribution is -2.12. The zero-order valence-corrected chi connectivity index (χ0v) is 13.6. The van der Waals surface area contributed by atoms with Gasteiger partial charge in [0, 0.05) is 15.8 Å². The normalized spacial score (nSPS) is 12.3. The predicted octanol–water partition coefficient (Wildman–Crippen LogP) is 4.59. The quantitative estimate of drug-likeness (QED) is 0.640. The van der Waals surface area contributed by atoms with Crippen LogP contribution in [-0.4, -0.2) is 11.7 Å². The molecule has 0 spiro atoms. The van der Waals surface area contributed by atoms with Gasteiger partial charge in [-0.2, -0.15) is 0 Å². The van der Waals surface area contributed by atoms with Crippen LogP contribution in [0.5, 0.6) is 0 Å². The van der Waals surface area contributed by atoms with Gasteiger partial charge in [-0.05, 0) is 57.1 Å². The minimum absolute atomic E-state index is 0.498. The Kier molecular flexibility index (Phi) is 4.41. The number of fused-ring (bicyclic) bond motifs is 1. The molecule has 2 nitrogen and oxygen atoms in total. The number of anilines is 1. The van der Waals surface area contributed by atoms with E-state index in [1.165, 1.54) is 5.39 Å². The molecule has 3 aromatic carbocycles. The van der Waals surface area contributed by atoms with Crippen LogP contribution in [0.3, 0.4) is 0 Å². The Hall–Kier alpha value is -1.59. The van der Waals surface area contributed by atoms with E-state index in [2.05, 4.69) is 52.2 Å². The topological polar surface area (TPSA) is 32.3 Å². The van der Waals surface area contributed by atoms with Crippen molar-refractivity contribution in [3.8, 4) is 0 Å². The first kappa shape index (κ1) is 14.4. The number of rotatable bonds is 4. The lowest BCUT2D eigenvalue weighted by molar-refractivity contribution is 0.192. The minimum Gasteiger partial charge on any atom is -0.387 e. The fourth-order valence-electron chi connectivity index (χ4n) is 2.34. The van der Waals surface area contributed by atoms with Crippen LogP contribution in [0.2, 0.25) is 0 Å². The van der Waals surface area contributed by atoms with Gasteiger partial charge in [-0.3, -0.25) is 0 Å². The van der Waals surface area contributed by atoms with E-state index >= 15 is 0 Å². The van der Waals surface area contributed by atoms with Gasteiger partial charge in [-0.25, -0.2) is 0 Å². The Morgan fingerprint density at radius 1 is 0.905 bits per heavy atom. The van der Waals surface area contributed by atoms with Crippen molar-refractivity contribution in [1.29, 1.82) is 0 Å². The molecule has 0 bridgehead atoms. The maximum Gasteiger partial charge on any atom is 0.0962 e. The van der Waals surface area contributed by atoms with E-state index in [9.17, 15) is 5.11 Å². The molecule has 0 saturated heterocycles. The summed E-state index contributed by atoms with van der Waals surface area (Å²) in [5, 5.41) is 16.0. The van der Waals surface area contributed by atoms with Crippen LogP contribution >= 0.6 is 22.6 Å². The third-order valence-corrected chi connectivity index (χ3v) is 4.46. The molecule has 2 N–H and O–H groups in total. The molecule has 3 aromatic rings. The second kappa shape index (κ2) is 6.45. The Morgan fingerprint density at radius 3 is 2.43 bits per heavy atom. The van der Waals surface area contributed by atoms with E-state index in [-0.39, 0.29) is 0 Å². The number of nitrogens with one attached hydrogen (secondary N) is 1. The number of hydrogen-bond donors (Lipinski definition) is 2. The number of benzene rings is 3. The Morgan fingerprint density at radius 2 is 1.62 bits per heavy atom. The Balaban J connectivity index is 1.75. The maximum absolute atomic E-state index is 10.4. The van der Waals surface area contributed by atoms with Gasteiger partial charge < -0.3 is 10.4 Å². The average Bonchev–Trinajstić information content (AvgIpc) is 2.53. The molecule has 0 aromatic heterocycles. The highest BCUT2D eigenvalue weighted by molar-refractivity contribution is 14.1. The van der Waals surface area contributed by atoms with Crippen molar-refractivity contribution in [2.24, 2.45) is 0 Å². The minimum atomic E-state index is -0.523. The summed E-state index contributed by atoms with van der Waals surface area (Å²) in [7, 11) is 0. The van der Waals surface area contributed by atoms with Crippen molar-refractivity contribution in [3.05, 3.63) is 75.9 Å². The summed E-state index contributed by atoms with van der Waals surface area (Å²) in [6, 6.07) is 22.4. The van der Waals surface area contributed by atoms with Gasteiger partial charge in [0.1, 0.15) is 0 Å². The first-order chi connectivity index (χ1) is 10.2. The van der Waals surface area contributed by atoms with E-state index in [0.717, 1.165) is 20.2 Å². The van der Waals surface area contributed by atoms with Crippen LogP contribution in [0.1, 0.15) is 11.7 Å². The molecule has 3 rings (SSSR count). The molecule has 0 radical (unpaired) electrons. The fourth-order valence-corrected chi connectivity index (χ4v) is 2.92. The molecular formula is C18H16INO. The van der Waals surface area contributed by atoms with E-state index in [4.69, 9.17) is 0 Å². The van der Waals surface area contributed by atoms with Gasteiger partial charge in [-0.15, -0.1) is 0 Å². The Bertz CT molecular complexity index is 757. The molecule has 1 atom stereocenters. The fraction of sp³-hybridized carbons (Fsp3) is 0.111. The molecule has 21 heavy (non-hydrogen) atoms. The third-order valence-electron chi connectivity index (χ3n) is 3.52. The van der Waals surface area contributed by atoms with Crippen molar-refractivity contribution in [1.82, 2.24) is 0 Å². The standard InChI is InChI=1S/C18H16INO/c19-16-7-3-4-8-17(16)20-12-18(21)15-10-9-13-5-1-2-6-14(13)11-15/h1-11,18,20-21H,12H2. The highest BCUT2D eigenvalue weighted by Gasteiger charge is 2.08. The number of para-hydroxylation sites is 1. The van der Waals surface area contributed by atoms with Crippen LogP contribution < -0.4 is 5.32 Å². The highest BCUT2D eigenvalue weighted by atomic mass is 127. The van der Waals surface area contributed by atoms with Crippen LogP contribution in [0.4, 0.5) is 5.69 Å². The first-order valence-electron chi connectivity index (χ1n) is 6.89. The molecule has 0 aliphatic heterocycles. The summed E-state index contributed by atoms with van der Waals surface area (Å²) in [5.41, 5.74) is 1.99. The Labute approximate surface area is 138 Å². The monoisotopic (exact) mass is 389 g/mol. The second-order valence-corrected chi connectivity index (χ2v) is 6.15. The molecule has 0 fully saturated rings. The zero-order valence-electron chi connectivity index (χ0n) is 11.5. The number of halogens is 1. The maximum atomic E-state index is 10.4. The van der Waals surface area contributed by atoms with E-state index in [1.54, 1.807) is 0 Å². The summed E-state index contributed by atoms with van der Waals surface area (Å²) >= 11 is 2.29. The lowest BCUT2D eigenvalue weighted by atomic mass is 10.0. The van der Waals surface area contributed by atoms with Gasteiger partial charge in [0.15, 0.2) is 0 Å². The van der Waals surface area contributed by atoms with E-state index < -0.39 is 6.10 Å². The van der Waals surface area contributed by atoms with Crippen molar-refractivity contribution in [3.63, 3.8) is 0 Å². The van der Waals surface area contributed by atoms with Gasteiger partial charge >= 0.3 is 0 Å². The third kappa shape index (κ3) is 3.36. The zero-order chi connectivity index (χ0) is 14.7. The summed E-state index contributed by atoms with van der Waals surface area (Å²) < 4.78 is 1.15. The van der Waals surface area contributed by atoms with Crippen LogP contribution in [-0.2, 0) is 0 Å². The van der Waals surface area contributed by atoms with Gasteiger partial charge in [-0.1, -0.05) is 48.5 Å². The van der Waals surface area contributed by atoms with Crippen LogP contribution in [0.15, 0.2) is 66.7 Å². The first-order valence-corrected chi connectivity index (χ1v) is 7.97. The number of aliphatic hydroxyl groups excluding tert-OH is 1. The van der Waals surface area contributed by atoms with Crippen LogP contribution in [0, 0.1) is 3.57 Å². The van der Waals surface area contributed by atoms with Crippen LogP contribution in [0.25, 0.3) is 10.8 Å².